The average Bonchev–Trinajstić information content (AvgIpc) is 2.41. The molecule has 1 saturated heterocycles. The van der Waals surface area contributed by atoms with E-state index in [4.69, 9.17) is 28.3 Å². The van der Waals surface area contributed by atoms with E-state index in [1.807, 2.05) is 4.90 Å². The van der Waals surface area contributed by atoms with Crippen LogP contribution in [0.25, 0.3) is 0 Å². The zero-order valence-corrected chi connectivity index (χ0v) is 11.7. The number of rotatable bonds is 3. The van der Waals surface area contributed by atoms with E-state index in [2.05, 4.69) is 0 Å². The molecule has 1 aliphatic rings. The quantitative estimate of drug-likeness (QED) is 0.688. The summed E-state index contributed by atoms with van der Waals surface area (Å²) < 4.78 is 0. The van der Waals surface area contributed by atoms with Crippen molar-refractivity contribution in [2.75, 3.05) is 24.6 Å². The van der Waals surface area contributed by atoms with Crippen molar-refractivity contribution in [3.63, 3.8) is 0 Å². The standard InChI is InChI=1S/C12H14Cl2N2O3/c13-9-5-11(12(16(18)19)6-10(9)14)15-3-1-8(7-17)2-4-15/h5-6,8,17H,1-4,7H2. The van der Waals surface area contributed by atoms with Gasteiger partial charge in [-0.1, -0.05) is 23.2 Å². The van der Waals surface area contributed by atoms with Crippen LogP contribution in [0.2, 0.25) is 10.0 Å². The molecule has 7 heteroatoms. The number of hydrogen-bond acceptors (Lipinski definition) is 4. The summed E-state index contributed by atoms with van der Waals surface area (Å²) in [7, 11) is 0. The molecule has 1 aromatic rings. The molecule has 0 spiro atoms. The van der Waals surface area contributed by atoms with Gasteiger partial charge in [0.2, 0.25) is 0 Å². The first-order valence-electron chi connectivity index (χ1n) is 6.02. The normalized spacial score (nSPS) is 16.7. The van der Waals surface area contributed by atoms with Crippen LogP contribution >= 0.6 is 23.2 Å². The molecule has 0 aromatic heterocycles. The lowest BCUT2D eigenvalue weighted by Gasteiger charge is -2.32. The molecular formula is C12H14Cl2N2O3. The van der Waals surface area contributed by atoms with E-state index >= 15 is 0 Å². The molecule has 1 aliphatic heterocycles. The van der Waals surface area contributed by atoms with Crippen LogP contribution in [0.4, 0.5) is 11.4 Å². The first-order valence-corrected chi connectivity index (χ1v) is 6.77. The van der Waals surface area contributed by atoms with E-state index in [1.54, 1.807) is 6.07 Å². The molecule has 0 amide bonds. The number of nitro groups is 1. The third-order valence-corrected chi connectivity index (χ3v) is 4.15. The number of aliphatic hydroxyl groups excluding tert-OH is 1. The molecule has 1 aromatic carbocycles. The monoisotopic (exact) mass is 304 g/mol. The zero-order chi connectivity index (χ0) is 14.0. The van der Waals surface area contributed by atoms with Crippen LogP contribution in [-0.2, 0) is 0 Å². The molecule has 0 unspecified atom stereocenters. The third-order valence-electron chi connectivity index (χ3n) is 3.43. The van der Waals surface area contributed by atoms with Crippen molar-refractivity contribution in [3.05, 3.63) is 32.3 Å². The number of hydrogen-bond donors (Lipinski definition) is 1. The van der Waals surface area contributed by atoms with E-state index in [-0.39, 0.29) is 23.2 Å². The van der Waals surface area contributed by atoms with E-state index in [0.29, 0.717) is 23.8 Å². The summed E-state index contributed by atoms with van der Waals surface area (Å²) in [5.74, 6) is 0.276. The molecule has 0 bridgehead atoms. The fourth-order valence-corrected chi connectivity index (χ4v) is 2.60. The molecule has 1 fully saturated rings. The Morgan fingerprint density at radius 2 is 1.89 bits per heavy atom. The maximum Gasteiger partial charge on any atom is 0.294 e. The second kappa shape index (κ2) is 5.94. The van der Waals surface area contributed by atoms with Crippen LogP contribution in [0.5, 0.6) is 0 Å². The second-order valence-corrected chi connectivity index (χ2v) is 5.44. The molecule has 0 atom stereocenters. The Balaban J connectivity index is 2.29. The van der Waals surface area contributed by atoms with Crippen molar-refractivity contribution in [3.8, 4) is 0 Å². The van der Waals surface area contributed by atoms with Gasteiger partial charge in [-0.3, -0.25) is 10.1 Å². The van der Waals surface area contributed by atoms with Crippen molar-refractivity contribution >= 4 is 34.6 Å². The van der Waals surface area contributed by atoms with Crippen molar-refractivity contribution in [2.45, 2.75) is 12.8 Å². The zero-order valence-electron chi connectivity index (χ0n) is 10.2. The van der Waals surface area contributed by atoms with Gasteiger partial charge in [-0.15, -0.1) is 0 Å². The van der Waals surface area contributed by atoms with E-state index < -0.39 is 4.92 Å². The van der Waals surface area contributed by atoms with Gasteiger partial charge < -0.3 is 10.0 Å². The molecule has 0 radical (unpaired) electrons. The van der Waals surface area contributed by atoms with Crippen molar-refractivity contribution in [1.82, 2.24) is 0 Å². The Labute approximate surface area is 120 Å². The maximum absolute atomic E-state index is 11.1. The number of nitrogens with zero attached hydrogens (tertiary/aromatic N) is 2. The van der Waals surface area contributed by atoms with Crippen molar-refractivity contribution < 1.29 is 10.0 Å². The summed E-state index contributed by atoms with van der Waals surface area (Å²) in [4.78, 5) is 12.6. The first kappa shape index (κ1) is 14.4. The Morgan fingerprint density at radius 1 is 1.32 bits per heavy atom. The van der Waals surface area contributed by atoms with Crippen LogP contribution in [0.3, 0.4) is 0 Å². The van der Waals surface area contributed by atoms with E-state index in [9.17, 15) is 10.1 Å². The minimum Gasteiger partial charge on any atom is -0.396 e. The minimum atomic E-state index is -0.449. The lowest BCUT2D eigenvalue weighted by Crippen LogP contribution is -2.35. The topological polar surface area (TPSA) is 66.6 Å². The number of halogens is 2. The highest BCUT2D eigenvalue weighted by atomic mass is 35.5. The maximum atomic E-state index is 11.1. The summed E-state index contributed by atoms with van der Waals surface area (Å²) in [6.45, 7) is 1.51. The van der Waals surface area contributed by atoms with Gasteiger partial charge in [0, 0.05) is 25.8 Å². The Hall–Kier alpha value is -1.04. The highest BCUT2D eigenvalue weighted by Gasteiger charge is 2.25. The molecular weight excluding hydrogens is 291 g/mol. The fraction of sp³-hybridized carbons (Fsp3) is 0.500. The minimum absolute atomic E-state index is 0.0307. The summed E-state index contributed by atoms with van der Waals surface area (Å²) in [6, 6.07) is 2.83. The van der Waals surface area contributed by atoms with Gasteiger partial charge in [-0.2, -0.15) is 0 Å². The smallest absolute Gasteiger partial charge is 0.294 e. The number of aliphatic hydroxyl groups is 1. The highest BCUT2D eigenvalue weighted by molar-refractivity contribution is 6.42. The summed E-state index contributed by atoms with van der Waals surface area (Å²) in [6.07, 6.45) is 1.63. The number of anilines is 1. The fourth-order valence-electron chi connectivity index (χ4n) is 2.28. The Morgan fingerprint density at radius 3 is 2.42 bits per heavy atom. The molecule has 2 rings (SSSR count). The van der Waals surface area contributed by atoms with Gasteiger partial charge in [0.15, 0.2) is 0 Å². The van der Waals surface area contributed by atoms with Crippen molar-refractivity contribution in [1.29, 1.82) is 0 Å². The molecule has 104 valence electrons. The van der Waals surface area contributed by atoms with Crippen molar-refractivity contribution in [2.24, 2.45) is 5.92 Å². The van der Waals surface area contributed by atoms with Gasteiger partial charge in [-0.25, -0.2) is 0 Å². The van der Waals surface area contributed by atoms with E-state index in [1.165, 1.54) is 6.07 Å². The van der Waals surface area contributed by atoms with Gasteiger partial charge >= 0.3 is 0 Å². The summed E-state index contributed by atoms with van der Waals surface area (Å²) in [5, 5.41) is 20.7. The third kappa shape index (κ3) is 3.11. The van der Waals surface area contributed by atoms with Crippen LogP contribution in [0.15, 0.2) is 12.1 Å². The molecule has 0 aliphatic carbocycles. The number of piperidine rings is 1. The Bertz CT molecular complexity index is 488. The molecule has 1 N–H and O–H groups in total. The van der Waals surface area contributed by atoms with E-state index in [0.717, 1.165) is 12.8 Å². The Kier molecular flexibility index (Phi) is 4.50. The van der Waals surface area contributed by atoms with Crippen LogP contribution < -0.4 is 4.90 Å². The number of nitro benzene ring substituents is 1. The second-order valence-electron chi connectivity index (χ2n) is 4.63. The highest BCUT2D eigenvalue weighted by Crippen LogP contribution is 2.37. The number of benzene rings is 1. The van der Waals surface area contributed by atoms with Gasteiger partial charge in [-0.05, 0) is 24.8 Å². The lowest BCUT2D eigenvalue weighted by atomic mass is 9.97. The van der Waals surface area contributed by atoms with Gasteiger partial charge in [0.05, 0.1) is 15.0 Å². The summed E-state index contributed by atoms with van der Waals surface area (Å²) >= 11 is 11.8. The van der Waals surface area contributed by atoms with Crippen LogP contribution in [0, 0.1) is 16.0 Å². The SMILES string of the molecule is O=[N+]([O-])c1cc(Cl)c(Cl)cc1N1CCC(CO)CC1. The average molecular weight is 305 g/mol. The molecule has 1 heterocycles. The summed E-state index contributed by atoms with van der Waals surface area (Å²) in [5.41, 5.74) is 0.465. The first-order chi connectivity index (χ1) is 9.02. The molecule has 19 heavy (non-hydrogen) atoms. The molecule has 0 saturated carbocycles. The van der Waals surface area contributed by atoms with Gasteiger partial charge in [0.1, 0.15) is 5.69 Å². The molecule has 5 nitrogen and oxygen atoms in total. The lowest BCUT2D eigenvalue weighted by molar-refractivity contribution is -0.384. The predicted octanol–water partition coefficient (Wildman–Crippen LogP) is 3.11. The van der Waals surface area contributed by atoms with Gasteiger partial charge in [0.25, 0.3) is 5.69 Å². The van der Waals surface area contributed by atoms with Crippen LogP contribution in [-0.4, -0.2) is 29.7 Å². The van der Waals surface area contributed by atoms with Crippen LogP contribution in [0.1, 0.15) is 12.8 Å². The predicted molar refractivity (Wildman–Crippen MR) is 75.1 cm³/mol. The largest absolute Gasteiger partial charge is 0.396 e.